The Hall–Kier alpha value is -1.82. The van der Waals surface area contributed by atoms with Crippen molar-refractivity contribution >= 4 is 36.4 Å². The zero-order valence-corrected chi connectivity index (χ0v) is 16.4. The van der Waals surface area contributed by atoms with Gasteiger partial charge in [-0.25, -0.2) is 0 Å². The number of rotatable bonds is 6. The summed E-state index contributed by atoms with van der Waals surface area (Å²) >= 11 is 0. The Morgan fingerprint density at radius 1 is 1.16 bits per heavy atom. The Morgan fingerprint density at radius 2 is 1.80 bits per heavy atom. The van der Waals surface area contributed by atoms with Crippen LogP contribution in [0.5, 0.6) is 0 Å². The maximum Gasteiger partial charge on any atom is 0.252 e. The smallest absolute Gasteiger partial charge is 0.252 e. The van der Waals surface area contributed by atoms with Crippen LogP contribution < -0.4 is 16.0 Å². The first-order valence-electron chi connectivity index (χ1n) is 7.74. The van der Waals surface area contributed by atoms with E-state index in [1.165, 1.54) is 0 Å². The van der Waals surface area contributed by atoms with Crippen LogP contribution in [-0.4, -0.2) is 37.6 Å². The molecule has 1 aromatic carbocycles. The number of hydrogen-bond donors (Lipinski definition) is 2. The van der Waals surface area contributed by atoms with Crippen molar-refractivity contribution in [3.05, 3.63) is 48.3 Å². The maximum atomic E-state index is 12.2. The highest BCUT2D eigenvalue weighted by atomic mass is 35.5. The minimum absolute atomic E-state index is 0. The molecule has 0 bridgehead atoms. The summed E-state index contributed by atoms with van der Waals surface area (Å²) in [6, 6.07) is 10.1. The molecule has 2 rings (SSSR count). The van der Waals surface area contributed by atoms with Crippen molar-refractivity contribution in [1.29, 1.82) is 0 Å². The van der Waals surface area contributed by atoms with Gasteiger partial charge < -0.3 is 16.0 Å². The fraction of sp³-hybridized carbons (Fsp3) is 0.333. The molecule has 0 aliphatic heterocycles. The standard InChI is InChI=1S/C18H24N4O.2ClH/c1-13(19)8-9-21-18(23)16-10-15(11-20-12-16)14-4-6-17(7-5-14)22(2)3;;/h4-7,10-13H,8-9,19H2,1-3H3,(H,21,23);2*1H. The largest absolute Gasteiger partial charge is 0.378 e. The normalized spacial score (nSPS) is 10.9. The van der Waals surface area contributed by atoms with Crippen molar-refractivity contribution in [3.8, 4) is 11.1 Å². The lowest BCUT2D eigenvalue weighted by molar-refractivity contribution is 0.0952. The summed E-state index contributed by atoms with van der Waals surface area (Å²) in [5.74, 6) is -0.120. The highest BCUT2D eigenvalue weighted by Gasteiger charge is 2.08. The quantitative estimate of drug-likeness (QED) is 0.802. The number of nitrogens with two attached hydrogens (primary N) is 1. The topological polar surface area (TPSA) is 71.2 Å². The Kier molecular flexibility index (Phi) is 10.1. The number of nitrogens with one attached hydrogen (secondary N) is 1. The van der Waals surface area contributed by atoms with Crippen molar-refractivity contribution < 1.29 is 4.79 Å². The molecule has 0 fully saturated rings. The molecule has 138 valence electrons. The van der Waals surface area contributed by atoms with E-state index in [1.54, 1.807) is 12.4 Å². The van der Waals surface area contributed by atoms with E-state index in [9.17, 15) is 4.79 Å². The summed E-state index contributed by atoms with van der Waals surface area (Å²) in [4.78, 5) is 18.4. The molecule has 1 aromatic heterocycles. The molecule has 0 saturated carbocycles. The van der Waals surface area contributed by atoms with Crippen molar-refractivity contribution in [2.75, 3.05) is 25.5 Å². The van der Waals surface area contributed by atoms with Gasteiger partial charge in [0, 0.05) is 50.3 Å². The Balaban J connectivity index is 0.00000288. The summed E-state index contributed by atoms with van der Waals surface area (Å²) < 4.78 is 0. The number of benzene rings is 1. The predicted octanol–water partition coefficient (Wildman–Crippen LogP) is 3.13. The summed E-state index contributed by atoms with van der Waals surface area (Å²) in [5.41, 5.74) is 9.34. The second-order valence-electron chi connectivity index (χ2n) is 5.93. The fourth-order valence-corrected chi connectivity index (χ4v) is 2.19. The fourth-order valence-electron chi connectivity index (χ4n) is 2.19. The third-order valence-electron chi connectivity index (χ3n) is 3.60. The van der Waals surface area contributed by atoms with Crippen LogP contribution >= 0.6 is 24.8 Å². The van der Waals surface area contributed by atoms with Gasteiger partial charge in [0.15, 0.2) is 0 Å². The Bertz CT molecular complexity index is 660. The van der Waals surface area contributed by atoms with Gasteiger partial charge in [0.1, 0.15) is 0 Å². The molecule has 1 unspecified atom stereocenters. The van der Waals surface area contributed by atoms with Crippen LogP contribution in [0.2, 0.25) is 0 Å². The lowest BCUT2D eigenvalue weighted by Gasteiger charge is -2.13. The third-order valence-corrected chi connectivity index (χ3v) is 3.60. The molecule has 7 heteroatoms. The van der Waals surface area contributed by atoms with E-state index in [0.717, 1.165) is 23.2 Å². The number of pyridine rings is 1. The number of halogens is 2. The molecule has 0 radical (unpaired) electrons. The molecule has 5 nitrogen and oxygen atoms in total. The van der Waals surface area contributed by atoms with Gasteiger partial charge in [-0.2, -0.15) is 0 Å². The molecular formula is C18H26Cl2N4O. The zero-order valence-electron chi connectivity index (χ0n) is 14.7. The highest BCUT2D eigenvalue weighted by Crippen LogP contribution is 2.22. The first-order chi connectivity index (χ1) is 11.0. The SMILES string of the molecule is CC(N)CCNC(=O)c1cncc(-c2ccc(N(C)C)cc2)c1.Cl.Cl. The number of hydrogen-bond acceptors (Lipinski definition) is 4. The minimum Gasteiger partial charge on any atom is -0.378 e. The van der Waals surface area contributed by atoms with Crippen molar-refractivity contribution in [1.82, 2.24) is 10.3 Å². The maximum absolute atomic E-state index is 12.2. The van der Waals surface area contributed by atoms with Crippen molar-refractivity contribution in [3.63, 3.8) is 0 Å². The van der Waals surface area contributed by atoms with Gasteiger partial charge in [0.25, 0.3) is 5.91 Å². The van der Waals surface area contributed by atoms with Gasteiger partial charge in [-0.15, -0.1) is 24.8 Å². The van der Waals surface area contributed by atoms with E-state index in [1.807, 2.05) is 56.3 Å². The average molecular weight is 385 g/mol. The van der Waals surface area contributed by atoms with Crippen LogP contribution in [0.25, 0.3) is 11.1 Å². The highest BCUT2D eigenvalue weighted by molar-refractivity contribution is 5.95. The van der Waals surface area contributed by atoms with Gasteiger partial charge >= 0.3 is 0 Å². The predicted molar refractivity (Wildman–Crippen MR) is 109 cm³/mol. The van der Waals surface area contributed by atoms with Gasteiger partial charge in [-0.3, -0.25) is 9.78 Å². The summed E-state index contributed by atoms with van der Waals surface area (Å²) in [7, 11) is 4.01. The molecule has 0 aliphatic rings. The van der Waals surface area contributed by atoms with Gasteiger partial charge in [-0.05, 0) is 37.1 Å². The van der Waals surface area contributed by atoms with E-state index in [2.05, 4.69) is 10.3 Å². The monoisotopic (exact) mass is 384 g/mol. The second-order valence-corrected chi connectivity index (χ2v) is 5.93. The van der Waals surface area contributed by atoms with Gasteiger partial charge in [0.2, 0.25) is 0 Å². The van der Waals surface area contributed by atoms with E-state index in [-0.39, 0.29) is 36.8 Å². The number of anilines is 1. The van der Waals surface area contributed by atoms with Crippen LogP contribution in [0.15, 0.2) is 42.7 Å². The van der Waals surface area contributed by atoms with Crippen molar-refractivity contribution in [2.24, 2.45) is 5.73 Å². The molecule has 2 aromatic rings. The first kappa shape index (κ1) is 23.2. The Labute approximate surface area is 161 Å². The van der Waals surface area contributed by atoms with Crippen molar-refractivity contribution in [2.45, 2.75) is 19.4 Å². The third kappa shape index (κ3) is 6.90. The second kappa shape index (κ2) is 10.9. The van der Waals surface area contributed by atoms with Gasteiger partial charge in [0.05, 0.1) is 5.56 Å². The van der Waals surface area contributed by atoms with Crippen LogP contribution in [0.4, 0.5) is 5.69 Å². The van der Waals surface area contributed by atoms with E-state index >= 15 is 0 Å². The van der Waals surface area contributed by atoms with Crippen LogP contribution in [0.3, 0.4) is 0 Å². The summed E-state index contributed by atoms with van der Waals surface area (Å²) in [6.45, 7) is 2.49. The number of carbonyl (C=O) groups excluding carboxylic acids is 1. The molecule has 1 atom stereocenters. The number of aromatic nitrogens is 1. The van der Waals surface area contributed by atoms with Gasteiger partial charge in [-0.1, -0.05) is 12.1 Å². The lowest BCUT2D eigenvalue weighted by Crippen LogP contribution is -2.29. The molecule has 1 heterocycles. The molecule has 0 saturated heterocycles. The van der Waals surface area contributed by atoms with E-state index in [0.29, 0.717) is 12.1 Å². The molecule has 1 amide bonds. The molecule has 0 spiro atoms. The summed E-state index contributed by atoms with van der Waals surface area (Å²) in [5, 5.41) is 2.87. The zero-order chi connectivity index (χ0) is 16.8. The van der Waals surface area contributed by atoms with Crippen LogP contribution in [0, 0.1) is 0 Å². The van der Waals surface area contributed by atoms with Crippen LogP contribution in [-0.2, 0) is 0 Å². The first-order valence-corrected chi connectivity index (χ1v) is 7.74. The number of amides is 1. The van der Waals surface area contributed by atoms with Crippen LogP contribution in [0.1, 0.15) is 23.7 Å². The van der Waals surface area contributed by atoms with E-state index < -0.39 is 0 Å². The molecular weight excluding hydrogens is 359 g/mol. The number of nitrogens with zero attached hydrogens (tertiary/aromatic N) is 2. The average Bonchev–Trinajstić information content (AvgIpc) is 2.54. The van der Waals surface area contributed by atoms with E-state index in [4.69, 9.17) is 5.73 Å². The number of carbonyl (C=O) groups is 1. The lowest BCUT2D eigenvalue weighted by atomic mass is 10.1. The summed E-state index contributed by atoms with van der Waals surface area (Å²) in [6.07, 6.45) is 4.10. The minimum atomic E-state index is -0.120. The molecule has 25 heavy (non-hydrogen) atoms. The Morgan fingerprint density at radius 3 is 2.36 bits per heavy atom. The molecule has 3 N–H and O–H groups in total. The molecule has 0 aliphatic carbocycles.